The van der Waals surface area contributed by atoms with Gasteiger partial charge in [0.15, 0.2) is 5.75 Å². The number of aryl methyl sites for hydroxylation is 2. The van der Waals surface area contributed by atoms with Crippen LogP contribution in [0.25, 0.3) is 21.5 Å². The first kappa shape index (κ1) is 57.6. The molecular formula is C52H42CaCl2N6O12S2. The molecule has 4 N–H and O–H groups in total. The van der Waals surface area contributed by atoms with Gasteiger partial charge in [0.05, 0.1) is 52.6 Å². The maximum atomic E-state index is 13.4. The number of azo groups is 2. The summed E-state index contributed by atoms with van der Waals surface area (Å²) in [6.45, 7) is 3.52. The van der Waals surface area contributed by atoms with Gasteiger partial charge in [0.25, 0.3) is 26.1 Å². The SMILES string of the molecule is CCc1cc(S(=O)(=O)O)c(Cl)cc1N=Nc1c(O)c(C(=O)Nc2ccccc2OC)cc2ccccc12.CCc1cc(S(=O)(=O)O)c(Cl)cc1N=Nc1c([O-])c(C([O-])=Nc2ccccc2OC)cc2ccccc12.[Ca+2]. The minimum atomic E-state index is -4.54. The number of nitrogens with zero attached hydrogens (tertiary/aromatic N) is 5. The van der Waals surface area contributed by atoms with Crippen molar-refractivity contribution in [1.82, 2.24) is 0 Å². The monoisotopic (exact) mass is 1120 g/mol. The number of amides is 1. The maximum Gasteiger partial charge on any atom is 2.00 e. The molecule has 0 saturated carbocycles. The van der Waals surface area contributed by atoms with Gasteiger partial charge in [-0.3, -0.25) is 18.9 Å². The molecule has 0 aliphatic rings. The smallest absolute Gasteiger partial charge is 0.871 e. The van der Waals surface area contributed by atoms with E-state index in [1.54, 1.807) is 117 Å². The summed E-state index contributed by atoms with van der Waals surface area (Å²) in [5, 5.41) is 58.7. The second-order valence-electron chi connectivity index (χ2n) is 15.8. The number of phenols is 1. The van der Waals surface area contributed by atoms with Crippen LogP contribution >= 0.6 is 23.2 Å². The quantitative estimate of drug-likeness (QED) is 0.0260. The number of benzene rings is 8. The van der Waals surface area contributed by atoms with Crippen LogP contribution in [0.15, 0.2) is 169 Å². The Bertz CT molecular complexity index is 3830. The number of rotatable bonds is 14. The Balaban J connectivity index is 0.000000241. The van der Waals surface area contributed by atoms with Crippen LogP contribution in [-0.4, -0.2) is 94.8 Å². The largest absolute Gasteiger partial charge is 2.00 e. The molecule has 8 aromatic rings. The summed E-state index contributed by atoms with van der Waals surface area (Å²) in [4.78, 5) is 16.3. The predicted molar refractivity (Wildman–Crippen MR) is 285 cm³/mol. The van der Waals surface area contributed by atoms with Crippen molar-refractivity contribution in [1.29, 1.82) is 0 Å². The Kier molecular flexibility index (Phi) is 19.0. The molecule has 0 aliphatic carbocycles. The number of aromatic hydroxyl groups is 1. The molecule has 0 unspecified atom stereocenters. The van der Waals surface area contributed by atoms with Crippen molar-refractivity contribution in [2.45, 2.75) is 36.5 Å². The van der Waals surface area contributed by atoms with Crippen molar-refractivity contribution < 1.29 is 55.5 Å². The summed E-state index contributed by atoms with van der Waals surface area (Å²) in [7, 11) is -6.14. The molecule has 75 heavy (non-hydrogen) atoms. The fraction of sp³-hybridized carbons (Fsp3) is 0.115. The maximum absolute atomic E-state index is 13.4. The number of carbonyl (C=O) groups excluding carboxylic acids is 1. The summed E-state index contributed by atoms with van der Waals surface area (Å²) >= 11 is 12.1. The number of phenolic OH excluding ortho intramolecular Hbond substituents is 1. The van der Waals surface area contributed by atoms with E-state index in [1.807, 2.05) is 0 Å². The molecule has 0 aliphatic heterocycles. The van der Waals surface area contributed by atoms with Gasteiger partial charge in [-0.1, -0.05) is 116 Å². The summed E-state index contributed by atoms with van der Waals surface area (Å²) in [5.74, 6) is -1.60. The molecule has 1 amide bonds. The Morgan fingerprint density at radius 2 is 1.07 bits per heavy atom. The van der Waals surface area contributed by atoms with E-state index < -0.39 is 53.3 Å². The van der Waals surface area contributed by atoms with E-state index in [-0.39, 0.29) is 87.3 Å². The molecule has 0 radical (unpaired) electrons. The number of methoxy groups -OCH3 is 2. The third-order valence-electron chi connectivity index (χ3n) is 11.2. The van der Waals surface area contributed by atoms with E-state index in [9.17, 15) is 46.1 Å². The van der Waals surface area contributed by atoms with E-state index in [1.165, 1.54) is 44.6 Å². The average Bonchev–Trinajstić information content (AvgIpc) is 3.37. The number of para-hydroxylation sites is 4. The van der Waals surface area contributed by atoms with E-state index in [2.05, 4.69) is 30.8 Å². The third kappa shape index (κ3) is 13.2. The molecule has 0 aromatic heterocycles. The van der Waals surface area contributed by atoms with Gasteiger partial charge in [0.1, 0.15) is 32.7 Å². The molecular weight excluding hydrogens is 1080 g/mol. The van der Waals surface area contributed by atoms with E-state index in [4.69, 9.17) is 32.7 Å². The van der Waals surface area contributed by atoms with Crippen LogP contribution in [-0.2, 0) is 33.1 Å². The van der Waals surface area contributed by atoms with E-state index >= 15 is 0 Å². The molecule has 0 saturated heterocycles. The zero-order valence-electron chi connectivity index (χ0n) is 40.1. The van der Waals surface area contributed by atoms with Crippen molar-refractivity contribution in [3.63, 3.8) is 0 Å². The minimum absolute atomic E-state index is 0. The number of carbonyl (C=O) groups is 1. The first-order valence-electron chi connectivity index (χ1n) is 22.0. The Hall–Kier alpha value is -6.72. The fourth-order valence-electron chi connectivity index (χ4n) is 7.51. The number of nitrogens with one attached hydrogen (secondary N) is 1. The van der Waals surface area contributed by atoms with Gasteiger partial charge < -0.3 is 30.1 Å². The van der Waals surface area contributed by atoms with Crippen molar-refractivity contribution in [3.8, 4) is 23.0 Å². The van der Waals surface area contributed by atoms with Gasteiger partial charge in [0.2, 0.25) is 0 Å². The average molecular weight is 1120 g/mol. The number of ether oxygens (including phenoxy) is 2. The van der Waals surface area contributed by atoms with Crippen LogP contribution in [0, 0.1) is 0 Å². The molecule has 23 heteroatoms. The minimum Gasteiger partial charge on any atom is -0.871 e. The zero-order chi connectivity index (χ0) is 53.5. The Morgan fingerprint density at radius 3 is 1.59 bits per heavy atom. The van der Waals surface area contributed by atoms with Gasteiger partial charge in [-0.15, -0.1) is 5.11 Å². The Labute approximate surface area is 470 Å². The topological polar surface area (TPSA) is 284 Å². The zero-order valence-corrected chi connectivity index (χ0v) is 45.5. The van der Waals surface area contributed by atoms with Gasteiger partial charge >= 0.3 is 37.7 Å². The molecule has 0 heterocycles. The second-order valence-corrected chi connectivity index (χ2v) is 19.4. The normalized spacial score (nSPS) is 11.9. The molecule has 0 atom stereocenters. The first-order valence-corrected chi connectivity index (χ1v) is 25.7. The van der Waals surface area contributed by atoms with Crippen molar-refractivity contribution in [2.24, 2.45) is 25.4 Å². The molecule has 0 fully saturated rings. The van der Waals surface area contributed by atoms with Crippen LogP contribution < -0.4 is 25.0 Å². The molecule has 8 rings (SSSR count). The van der Waals surface area contributed by atoms with Crippen molar-refractivity contribution >= 4 is 149 Å². The molecule has 0 bridgehead atoms. The number of fused-ring (bicyclic) bond motifs is 2. The standard InChI is InChI=1S/2C26H22ClN3O6S.Ca/c2*1-3-15-13-23(37(33,34)35)19(27)14-21(15)29-30-24-17-9-5-4-8-16(17)12-18(25(24)31)26(32)28-20-10-6-7-11-22(20)36-2;/h2*4-14,31H,3H2,1-2H3,(H,28,32)(H,33,34,35);/q;;+2/p-2. The predicted octanol–water partition coefficient (Wildman–Crippen LogP) is 11.5. The second kappa shape index (κ2) is 24.7. The van der Waals surface area contributed by atoms with Crippen LogP contribution in [0.5, 0.6) is 23.0 Å². The number of aliphatic imine (C=N–C) groups is 1. The van der Waals surface area contributed by atoms with Crippen LogP contribution in [0.2, 0.25) is 10.0 Å². The molecule has 0 spiro atoms. The molecule has 380 valence electrons. The van der Waals surface area contributed by atoms with Gasteiger partial charge in [-0.25, -0.2) is 0 Å². The summed E-state index contributed by atoms with van der Waals surface area (Å²) in [5.41, 5.74) is 1.74. The summed E-state index contributed by atoms with van der Waals surface area (Å²) in [6.07, 6.45) is 0.706. The number of anilines is 1. The van der Waals surface area contributed by atoms with Gasteiger partial charge in [0, 0.05) is 10.8 Å². The van der Waals surface area contributed by atoms with E-state index in [0.717, 1.165) is 0 Å². The third-order valence-corrected chi connectivity index (χ3v) is 13.8. The molecule has 18 nitrogen and oxygen atoms in total. The summed E-state index contributed by atoms with van der Waals surface area (Å²) < 4.78 is 75.8. The van der Waals surface area contributed by atoms with Gasteiger partial charge in [-0.2, -0.15) is 32.2 Å². The number of halogens is 2. The Morgan fingerprint density at radius 1 is 0.613 bits per heavy atom. The fourth-order valence-corrected chi connectivity index (χ4v) is 9.61. The van der Waals surface area contributed by atoms with Crippen LogP contribution in [0.1, 0.15) is 40.9 Å². The number of hydrogen-bond acceptors (Lipinski definition) is 15. The van der Waals surface area contributed by atoms with Crippen LogP contribution in [0.3, 0.4) is 0 Å². The van der Waals surface area contributed by atoms with E-state index in [0.29, 0.717) is 62.7 Å². The van der Waals surface area contributed by atoms with Crippen molar-refractivity contribution in [2.75, 3.05) is 19.5 Å². The van der Waals surface area contributed by atoms with Crippen LogP contribution in [0.4, 0.5) is 34.1 Å². The summed E-state index contributed by atoms with van der Waals surface area (Å²) in [6, 6.07) is 35.4. The van der Waals surface area contributed by atoms with Crippen molar-refractivity contribution in [3.05, 3.63) is 166 Å². The molecule has 8 aromatic carbocycles. The first-order chi connectivity index (χ1) is 35.3. The van der Waals surface area contributed by atoms with Gasteiger partial charge in [-0.05, 0) is 107 Å². The number of hydrogen-bond donors (Lipinski definition) is 4.